The van der Waals surface area contributed by atoms with E-state index in [-0.39, 0.29) is 18.3 Å². The number of aliphatic hydroxyl groups excluding tert-OH is 1. The van der Waals surface area contributed by atoms with E-state index in [2.05, 4.69) is 5.32 Å². The highest BCUT2D eigenvalue weighted by atomic mass is 19.1. The number of aliphatic hydroxyl groups is 1. The van der Waals surface area contributed by atoms with Crippen molar-refractivity contribution in [3.05, 3.63) is 78.1 Å². The third kappa shape index (κ3) is 4.58. The van der Waals surface area contributed by atoms with Crippen molar-refractivity contribution >= 4 is 16.7 Å². The summed E-state index contributed by atoms with van der Waals surface area (Å²) in [5.74, 6) is -0.221. The highest BCUT2D eigenvalue weighted by Gasteiger charge is 2.11. The third-order valence-electron chi connectivity index (χ3n) is 4.11. The average molecular weight is 353 g/mol. The topological polar surface area (TPSA) is 58.6 Å². The van der Waals surface area contributed by atoms with Crippen molar-refractivity contribution in [2.24, 2.45) is 0 Å². The van der Waals surface area contributed by atoms with Gasteiger partial charge in [0.25, 0.3) is 5.91 Å². The Morgan fingerprint density at radius 3 is 2.58 bits per heavy atom. The monoisotopic (exact) mass is 353 g/mol. The Bertz CT molecular complexity index is 875. The summed E-state index contributed by atoms with van der Waals surface area (Å²) in [6, 6.07) is 19.2. The van der Waals surface area contributed by atoms with Crippen LogP contribution in [0.5, 0.6) is 5.75 Å². The number of amides is 1. The molecule has 0 radical (unpaired) electrons. The van der Waals surface area contributed by atoms with Crippen molar-refractivity contribution in [1.29, 1.82) is 0 Å². The lowest BCUT2D eigenvalue weighted by molar-refractivity contribution is -0.123. The first-order chi connectivity index (χ1) is 12.6. The highest BCUT2D eigenvalue weighted by molar-refractivity contribution is 5.86. The first-order valence-electron chi connectivity index (χ1n) is 8.44. The maximum absolute atomic E-state index is 12.8. The van der Waals surface area contributed by atoms with E-state index in [1.54, 1.807) is 0 Å². The van der Waals surface area contributed by atoms with Crippen molar-refractivity contribution in [1.82, 2.24) is 5.32 Å². The van der Waals surface area contributed by atoms with Crippen LogP contribution in [0.25, 0.3) is 10.8 Å². The van der Waals surface area contributed by atoms with Crippen LogP contribution in [0.15, 0.2) is 66.7 Å². The smallest absolute Gasteiger partial charge is 0.257 e. The van der Waals surface area contributed by atoms with Gasteiger partial charge < -0.3 is 15.2 Å². The molecule has 0 aliphatic heterocycles. The molecule has 1 amide bonds. The molecule has 1 atom stereocenters. The van der Waals surface area contributed by atoms with Gasteiger partial charge in [-0.25, -0.2) is 4.39 Å². The quantitative estimate of drug-likeness (QED) is 0.682. The van der Waals surface area contributed by atoms with E-state index in [9.17, 15) is 14.3 Å². The van der Waals surface area contributed by atoms with Crippen molar-refractivity contribution in [2.45, 2.75) is 12.5 Å². The average Bonchev–Trinajstić information content (AvgIpc) is 2.67. The number of rotatable bonds is 7. The standard InChI is InChI=1S/C21H20FNO3/c22-16-8-10-17(11-9-16)26-14-21(25)23-13-12-20(24)19-7-3-5-15-4-1-2-6-18(15)19/h1-11,20,24H,12-14H2,(H,23,25)/t20-/m0/s1. The molecule has 26 heavy (non-hydrogen) atoms. The van der Waals surface area contributed by atoms with Crippen LogP contribution in [-0.4, -0.2) is 24.2 Å². The number of hydrogen-bond donors (Lipinski definition) is 2. The normalized spacial score (nSPS) is 11.9. The summed E-state index contributed by atoms with van der Waals surface area (Å²) in [7, 11) is 0. The summed E-state index contributed by atoms with van der Waals surface area (Å²) in [4.78, 5) is 11.8. The fraction of sp³-hybridized carbons (Fsp3) is 0.190. The molecule has 0 fully saturated rings. The molecular formula is C21H20FNO3. The van der Waals surface area contributed by atoms with Crippen LogP contribution in [0.3, 0.4) is 0 Å². The second-order valence-corrected chi connectivity index (χ2v) is 5.97. The first kappa shape index (κ1) is 17.9. The van der Waals surface area contributed by atoms with Gasteiger partial charge in [0, 0.05) is 6.54 Å². The van der Waals surface area contributed by atoms with E-state index in [4.69, 9.17) is 4.74 Å². The molecule has 0 heterocycles. The highest BCUT2D eigenvalue weighted by Crippen LogP contribution is 2.25. The number of carbonyl (C=O) groups is 1. The van der Waals surface area contributed by atoms with Crippen LogP contribution in [0.4, 0.5) is 4.39 Å². The van der Waals surface area contributed by atoms with Gasteiger partial charge in [-0.05, 0) is 47.0 Å². The van der Waals surface area contributed by atoms with Crippen LogP contribution >= 0.6 is 0 Å². The second-order valence-electron chi connectivity index (χ2n) is 5.97. The number of hydrogen-bond acceptors (Lipinski definition) is 3. The largest absolute Gasteiger partial charge is 0.484 e. The van der Waals surface area contributed by atoms with E-state index in [1.807, 2.05) is 42.5 Å². The Hall–Kier alpha value is -2.92. The molecule has 0 bridgehead atoms. The van der Waals surface area contributed by atoms with Crippen molar-refractivity contribution in [3.63, 3.8) is 0 Å². The Balaban J connectivity index is 1.47. The molecule has 0 aliphatic rings. The summed E-state index contributed by atoms with van der Waals surface area (Å²) in [5, 5.41) is 15.2. The van der Waals surface area contributed by atoms with E-state index in [1.165, 1.54) is 24.3 Å². The fourth-order valence-corrected chi connectivity index (χ4v) is 2.78. The number of nitrogens with one attached hydrogen (secondary N) is 1. The van der Waals surface area contributed by atoms with Gasteiger partial charge in [0.2, 0.25) is 0 Å². The molecule has 3 aromatic carbocycles. The predicted molar refractivity (Wildman–Crippen MR) is 98.4 cm³/mol. The minimum Gasteiger partial charge on any atom is -0.484 e. The van der Waals surface area contributed by atoms with Gasteiger partial charge in [0.1, 0.15) is 11.6 Å². The number of benzene rings is 3. The fourth-order valence-electron chi connectivity index (χ4n) is 2.78. The van der Waals surface area contributed by atoms with Gasteiger partial charge in [-0.15, -0.1) is 0 Å². The van der Waals surface area contributed by atoms with Crippen molar-refractivity contribution in [2.75, 3.05) is 13.2 Å². The van der Waals surface area contributed by atoms with Crippen molar-refractivity contribution in [3.8, 4) is 5.75 Å². The number of halogens is 1. The van der Waals surface area contributed by atoms with Gasteiger partial charge in [-0.1, -0.05) is 42.5 Å². The van der Waals surface area contributed by atoms with Gasteiger partial charge in [0.05, 0.1) is 6.10 Å². The molecular weight excluding hydrogens is 333 g/mol. The van der Waals surface area contributed by atoms with Gasteiger partial charge in [-0.2, -0.15) is 0 Å². The second kappa shape index (κ2) is 8.45. The zero-order valence-electron chi connectivity index (χ0n) is 14.2. The maximum atomic E-state index is 12.8. The Morgan fingerprint density at radius 2 is 1.77 bits per heavy atom. The molecule has 0 saturated heterocycles. The summed E-state index contributed by atoms with van der Waals surface area (Å²) < 4.78 is 18.1. The molecule has 0 spiro atoms. The number of ether oxygens (including phenoxy) is 1. The minimum atomic E-state index is -0.667. The predicted octanol–water partition coefficient (Wildman–Crippen LogP) is 3.60. The molecule has 5 heteroatoms. The molecule has 0 aromatic heterocycles. The lowest BCUT2D eigenvalue weighted by atomic mass is 9.99. The Kier molecular flexibility index (Phi) is 5.81. The summed E-state index contributed by atoms with van der Waals surface area (Å²) in [6.45, 7) is 0.173. The number of carbonyl (C=O) groups excluding carboxylic acids is 1. The van der Waals surface area contributed by atoms with E-state index < -0.39 is 6.10 Å². The van der Waals surface area contributed by atoms with Gasteiger partial charge in [0.15, 0.2) is 6.61 Å². The molecule has 4 nitrogen and oxygen atoms in total. The summed E-state index contributed by atoms with van der Waals surface area (Å²) in [6.07, 6.45) is -0.268. The van der Waals surface area contributed by atoms with Crippen molar-refractivity contribution < 1.29 is 19.0 Å². The number of fused-ring (bicyclic) bond motifs is 1. The molecule has 0 saturated carbocycles. The first-order valence-corrected chi connectivity index (χ1v) is 8.44. The minimum absolute atomic E-state index is 0.157. The van der Waals surface area contributed by atoms with Crippen LogP contribution < -0.4 is 10.1 Å². The molecule has 3 aromatic rings. The Morgan fingerprint density at radius 1 is 1.04 bits per heavy atom. The molecule has 134 valence electrons. The maximum Gasteiger partial charge on any atom is 0.257 e. The summed E-state index contributed by atoms with van der Waals surface area (Å²) >= 11 is 0. The van der Waals surface area contributed by atoms with E-state index in [0.29, 0.717) is 18.7 Å². The zero-order chi connectivity index (χ0) is 18.4. The van der Waals surface area contributed by atoms with Crippen LogP contribution in [0, 0.1) is 5.82 Å². The van der Waals surface area contributed by atoms with E-state index in [0.717, 1.165) is 16.3 Å². The van der Waals surface area contributed by atoms with Gasteiger partial charge >= 0.3 is 0 Å². The van der Waals surface area contributed by atoms with Crippen LogP contribution in [-0.2, 0) is 4.79 Å². The van der Waals surface area contributed by atoms with E-state index >= 15 is 0 Å². The third-order valence-corrected chi connectivity index (χ3v) is 4.11. The Labute approximate surface area is 151 Å². The lowest BCUT2D eigenvalue weighted by Crippen LogP contribution is -2.30. The molecule has 0 unspecified atom stereocenters. The molecule has 2 N–H and O–H groups in total. The zero-order valence-corrected chi connectivity index (χ0v) is 14.2. The van der Waals surface area contributed by atoms with Crippen LogP contribution in [0.2, 0.25) is 0 Å². The van der Waals surface area contributed by atoms with Crippen LogP contribution in [0.1, 0.15) is 18.1 Å². The summed E-state index contributed by atoms with van der Waals surface area (Å²) in [5.41, 5.74) is 0.847. The molecule has 0 aliphatic carbocycles. The lowest BCUT2D eigenvalue weighted by Gasteiger charge is -2.14. The van der Waals surface area contributed by atoms with Gasteiger partial charge in [-0.3, -0.25) is 4.79 Å². The molecule has 3 rings (SSSR count). The SMILES string of the molecule is O=C(COc1ccc(F)cc1)NCC[C@H](O)c1cccc2ccccc12.